The zero-order chi connectivity index (χ0) is 15.7. The zero-order valence-electron chi connectivity index (χ0n) is 13.9. The second-order valence-corrected chi connectivity index (χ2v) is 6.72. The van der Waals surface area contributed by atoms with Crippen molar-refractivity contribution in [3.63, 3.8) is 0 Å². The van der Waals surface area contributed by atoms with Crippen LogP contribution in [0.25, 0.3) is 0 Å². The number of hydrogen-bond donors (Lipinski definition) is 2. The van der Waals surface area contributed by atoms with Crippen molar-refractivity contribution in [2.24, 2.45) is 16.0 Å². The third-order valence-corrected chi connectivity index (χ3v) is 4.58. The van der Waals surface area contributed by atoms with E-state index in [0.717, 1.165) is 48.1 Å². The van der Waals surface area contributed by atoms with E-state index >= 15 is 0 Å². The highest BCUT2D eigenvalue weighted by Gasteiger charge is 2.35. The van der Waals surface area contributed by atoms with Gasteiger partial charge in [0.2, 0.25) is 0 Å². The number of likely N-dealkylation sites (N-methyl/N-ethyl adjacent to an activating group) is 1. The fourth-order valence-corrected chi connectivity index (χ4v) is 3.01. The lowest BCUT2D eigenvalue weighted by atomic mass is 10.1. The molecule has 5 nitrogen and oxygen atoms in total. The van der Waals surface area contributed by atoms with Crippen LogP contribution in [0.1, 0.15) is 39.0 Å². The maximum absolute atomic E-state index is 4.83. The third kappa shape index (κ3) is 3.18. The standard InChI is InChI=1S/C17H27N5/c1-5-6-13-9-14(11(2)22(3)4)17(18-13)19-16-10-15(20-21-16)12-7-8-12/h9,12-13,15,20H,2,5-8,10H2,1,3-4H3,(H,18,19,21)/t13?,15-/m1/s1. The average molecular weight is 301 g/mol. The van der Waals surface area contributed by atoms with Gasteiger partial charge < -0.3 is 15.6 Å². The van der Waals surface area contributed by atoms with Crippen LogP contribution in [0.15, 0.2) is 34.0 Å². The van der Waals surface area contributed by atoms with Gasteiger partial charge in [0.1, 0.15) is 11.7 Å². The summed E-state index contributed by atoms with van der Waals surface area (Å²) >= 11 is 0. The van der Waals surface area contributed by atoms with Gasteiger partial charge in [-0.25, -0.2) is 0 Å². The van der Waals surface area contributed by atoms with E-state index in [4.69, 9.17) is 4.99 Å². The predicted octanol–water partition coefficient (Wildman–Crippen LogP) is 2.24. The lowest BCUT2D eigenvalue weighted by Gasteiger charge is -2.18. The van der Waals surface area contributed by atoms with E-state index in [9.17, 15) is 0 Å². The minimum absolute atomic E-state index is 0.258. The highest BCUT2D eigenvalue weighted by atomic mass is 15.4. The van der Waals surface area contributed by atoms with Gasteiger partial charge in [0.25, 0.3) is 0 Å². The summed E-state index contributed by atoms with van der Waals surface area (Å²) in [6.45, 7) is 6.38. The first kappa shape index (κ1) is 15.1. The molecule has 1 aliphatic carbocycles. The lowest BCUT2D eigenvalue weighted by molar-refractivity contribution is 0.523. The summed E-state index contributed by atoms with van der Waals surface area (Å²) < 4.78 is 0. The first-order valence-electron chi connectivity index (χ1n) is 8.34. The molecule has 2 N–H and O–H groups in total. The molecule has 0 radical (unpaired) electrons. The molecule has 3 rings (SSSR count). The Hall–Kier alpha value is -1.78. The first-order valence-corrected chi connectivity index (χ1v) is 8.34. The van der Waals surface area contributed by atoms with Gasteiger partial charge in [-0.05, 0) is 31.3 Å². The molecular weight excluding hydrogens is 274 g/mol. The number of hydrazone groups is 1. The molecule has 0 bridgehead atoms. The lowest BCUT2D eigenvalue weighted by Crippen LogP contribution is -2.33. The summed E-state index contributed by atoms with van der Waals surface area (Å²) in [6, 6.07) is 0.772. The highest BCUT2D eigenvalue weighted by Crippen LogP contribution is 2.35. The van der Waals surface area contributed by atoms with Crippen LogP contribution in [-0.2, 0) is 0 Å². The van der Waals surface area contributed by atoms with Gasteiger partial charge in [-0.2, -0.15) is 5.10 Å². The van der Waals surface area contributed by atoms with E-state index in [0.29, 0.717) is 6.04 Å². The van der Waals surface area contributed by atoms with Crippen LogP contribution in [0, 0.1) is 5.92 Å². The van der Waals surface area contributed by atoms with Gasteiger partial charge >= 0.3 is 0 Å². The molecule has 0 aromatic heterocycles. The summed E-state index contributed by atoms with van der Waals surface area (Å²) in [4.78, 5) is 6.87. The molecule has 0 saturated heterocycles. The molecule has 0 aromatic carbocycles. The molecule has 120 valence electrons. The van der Waals surface area contributed by atoms with E-state index in [1.165, 1.54) is 12.8 Å². The van der Waals surface area contributed by atoms with E-state index in [1.54, 1.807) is 0 Å². The Kier molecular flexibility index (Phi) is 4.23. The Labute approximate surface area is 133 Å². The van der Waals surface area contributed by atoms with Gasteiger partial charge in [0, 0.05) is 31.8 Å². The second kappa shape index (κ2) is 6.15. The molecule has 2 atom stereocenters. The Morgan fingerprint density at radius 2 is 2.23 bits per heavy atom. The molecule has 2 heterocycles. The Morgan fingerprint density at radius 1 is 1.45 bits per heavy atom. The van der Waals surface area contributed by atoms with Crippen molar-refractivity contribution < 1.29 is 0 Å². The Balaban J connectivity index is 1.68. The van der Waals surface area contributed by atoms with Gasteiger partial charge in [-0.15, -0.1) is 0 Å². The van der Waals surface area contributed by atoms with E-state index in [1.807, 2.05) is 19.0 Å². The summed E-state index contributed by atoms with van der Waals surface area (Å²) in [7, 11) is 4.04. The van der Waals surface area contributed by atoms with Gasteiger partial charge in [0.15, 0.2) is 0 Å². The molecule has 5 heteroatoms. The van der Waals surface area contributed by atoms with Crippen LogP contribution < -0.4 is 10.7 Å². The van der Waals surface area contributed by atoms with Crippen molar-refractivity contribution in [2.75, 3.05) is 14.1 Å². The average Bonchev–Trinajstić information content (AvgIpc) is 3.11. The van der Waals surface area contributed by atoms with E-state index < -0.39 is 0 Å². The van der Waals surface area contributed by atoms with Crippen molar-refractivity contribution in [1.29, 1.82) is 0 Å². The van der Waals surface area contributed by atoms with Crippen molar-refractivity contribution in [1.82, 2.24) is 15.6 Å². The van der Waals surface area contributed by atoms with Crippen LogP contribution in [0.5, 0.6) is 0 Å². The number of amidine groups is 2. The number of nitrogens with zero attached hydrogens (tertiary/aromatic N) is 3. The molecule has 1 fully saturated rings. The number of hydrogen-bond acceptors (Lipinski definition) is 5. The molecule has 1 saturated carbocycles. The normalized spacial score (nSPS) is 27.0. The highest BCUT2D eigenvalue weighted by molar-refractivity contribution is 6.12. The molecular formula is C17H27N5. The SMILES string of the molecule is C=C(C1=CC(CCC)N=C1NC1=NN[C@@H](C2CC2)C1)N(C)C. The van der Waals surface area contributed by atoms with Gasteiger partial charge in [-0.1, -0.05) is 19.9 Å². The third-order valence-electron chi connectivity index (χ3n) is 4.58. The smallest absolute Gasteiger partial charge is 0.136 e. The summed E-state index contributed by atoms with van der Waals surface area (Å²) in [5.74, 6) is 2.74. The van der Waals surface area contributed by atoms with Crippen LogP contribution in [0.4, 0.5) is 0 Å². The molecule has 2 aliphatic heterocycles. The molecule has 3 aliphatic rings. The predicted molar refractivity (Wildman–Crippen MR) is 91.9 cm³/mol. The summed E-state index contributed by atoms with van der Waals surface area (Å²) in [6.07, 6.45) is 8.08. The van der Waals surface area contributed by atoms with Crippen molar-refractivity contribution in [3.05, 3.63) is 23.9 Å². The largest absolute Gasteiger partial charge is 0.378 e. The van der Waals surface area contributed by atoms with Crippen LogP contribution in [-0.4, -0.2) is 42.8 Å². The fraction of sp³-hybridized carbons (Fsp3) is 0.647. The Morgan fingerprint density at radius 3 is 2.86 bits per heavy atom. The van der Waals surface area contributed by atoms with Gasteiger partial charge in [0.05, 0.1) is 12.1 Å². The van der Waals surface area contributed by atoms with Crippen molar-refractivity contribution in [2.45, 2.75) is 51.1 Å². The minimum Gasteiger partial charge on any atom is -0.378 e. The molecule has 1 unspecified atom stereocenters. The molecule has 0 amide bonds. The van der Waals surface area contributed by atoms with E-state index in [2.05, 4.69) is 35.4 Å². The maximum atomic E-state index is 4.83. The number of rotatable bonds is 5. The number of aliphatic imine (C=N–C) groups is 1. The second-order valence-electron chi connectivity index (χ2n) is 6.72. The van der Waals surface area contributed by atoms with Crippen LogP contribution in [0.3, 0.4) is 0 Å². The topological polar surface area (TPSA) is 52.0 Å². The van der Waals surface area contributed by atoms with E-state index in [-0.39, 0.29) is 6.04 Å². The molecule has 0 spiro atoms. The quantitative estimate of drug-likeness (QED) is 0.819. The first-order chi connectivity index (χ1) is 10.6. The van der Waals surface area contributed by atoms with Crippen molar-refractivity contribution >= 4 is 11.7 Å². The monoisotopic (exact) mass is 301 g/mol. The number of nitrogens with one attached hydrogen (secondary N) is 2. The van der Waals surface area contributed by atoms with Gasteiger partial charge in [-0.3, -0.25) is 4.99 Å². The fourth-order valence-electron chi connectivity index (χ4n) is 3.01. The van der Waals surface area contributed by atoms with Crippen LogP contribution in [0.2, 0.25) is 0 Å². The minimum atomic E-state index is 0.258. The van der Waals surface area contributed by atoms with Crippen molar-refractivity contribution in [3.8, 4) is 0 Å². The van der Waals surface area contributed by atoms with Crippen LogP contribution >= 0.6 is 0 Å². The molecule has 22 heavy (non-hydrogen) atoms. The summed E-state index contributed by atoms with van der Waals surface area (Å²) in [5.41, 5.74) is 5.37. The zero-order valence-corrected chi connectivity index (χ0v) is 13.9. The summed E-state index contributed by atoms with van der Waals surface area (Å²) in [5, 5.41) is 7.90. The Bertz CT molecular complexity index is 539. The maximum Gasteiger partial charge on any atom is 0.136 e. The molecule has 0 aromatic rings.